The molecule has 1 aliphatic heterocycles. The molecule has 0 saturated carbocycles. The molecule has 0 radical (unpaired) electrons. The second-order valence-electron chi connectivity index (χ2n) is 5.03. The zero-order valence-electron chi connectivity index (χ0n) is 12.0. The first kappa shape index (κ1) is 17.4. The minimum Gasteiger partial charge on any atom is -0.264 e. The highest BCUT2D eigenvalue weighted by molar-refractivity contribution is 8.00. The minimum atomic E-state index is -4.82. The van der Waals surface area contributed by atoms with Crippen LogP contribution in [0.2, 0.25) is 5.02 Å². The highest BCUT2D eigenvalue weighted by atomic mass is 35.5. The lowest BCUT2D eigenvalue weighted by Crippen LogP contribution is -2.36. The lowest BCUT2D eigenvalue weighted by molar-refractivity contribution is -0.139. The molecular weight excluding hydrogens is 383 g/mol. The Hall–Kier alpha value is -1.38. The van der Waals surface area contributed by atoms with Gasteiger partial charge < -0.3 is 0 Å². The topological polar surface area (TPSA) is 37.4 Å². The number of fused-ring (bicyclic) bond motifs is 1. The number of anilines is 1. The third kappa shape index (κ3) is 3.10. The Morgan fingerprint density at radius 1 is 1.12 bits per heavy atom. The molecule has 2 aromatic carbocycles. The predicted octanol–water partition coefficient (Wildman–Crippen LogP) is 4.66. The van der Waals surface area contributed by atoms with Gasteiger partial charge in [-0.2, -0.15) is 13.2 Å². The summed E-state index contributed by atoms with van der Waals surface area (Å²) in [7, 11) is -4.36. The van der Waals surface area contributed by atoms with E-state index in [1.54, 1.807) is 24.3 Å². The Kier molecular flexibility index (Phi) is 4.48. The molecular formula is C15H11ClF3NO2S2. The van der Waals surface area contributed by atoms with Gasteiger partial charge >= 0.3 is 6.18 Å². The SMILES string of the molecule is O=S(=O)(c1ccc(Cl)cc1C(F)(F)F)N1CCSc2ccccc21. The molecule has 0 spiro atoms. The smallest absolute Gasteiger partial charge is 0.264 e. The Morgan fingerprint density at radius 2 is 1.83 bits per heavy atom. The maximum atomic E-state index is 13.3. The van der Waals surface area contributed by atoms with Gasteiger partial charge in [0.25, 0.3) is 10.0 Å². The third-order valence-corrected chi connectivity index (χ3v) is 6.65. The monoisotopic (exact) mass is 393 g/mol. The van der Waals surface area contributed by atoms with Crippen LogP contribution in [0.5, 0.6) is 0 Å². The number of benzene rings is 2. The normalized spacial score (nSPS) is 15.2. The fourth-order valence-corrected chi connectivity index (χ4v) is 5.48. The van der Waals surface area contributed by atoms with E-state index < -0.39 is 26.7 Å². The van der Waals surface area contributed by atoms with Crippen molar-refractivity contribution >= 4 is 39.1 Å². The van der Waals surface area contributed by atoms with Crippen LogP contribution >= 0.6 is 23.4 Å². The summed E-state index contributed by atoms with van der Waals surface area (Å²) in [4.78, 5) is -0.0732. The molecule has 24 heavy (non-hydrogen) atoms. The molecule has 3 nitrogen and oxygen atoms in total. The summed E-state index contributed by atoms with van der Waals surface area (Å²) in [6, 6.07) is 9.43. The number of rotatable bonds is 2. The van der Waals surface area contributed by atoms with E-state index in [4.69, 9.17) is 11.6 Å². The van der Waals surface area contributed by atoms with E-state index >= 15 is 0 Å². The van der Waals surface area contributed by atoms with Crippen LogP contribution in [0.3, 0.4) is 0 Å². The number of hydrogen-bond acceptors (Lipinski definition) is 3. The molecule has 0 bridgehead atoms. The van der Waals surface area contributed by atoms with Crippen LogP contribution in [0.4, 0.5) is 18.9 Å². The molecule has 1 aliphatic rings. The van der Waals surface area contributed by atoms with E-state index in [-0.39, 0.29) is 11.6 Å². The van der Waals surface area contributed by atoms with Crippen LogP contribution in [0.1, 0.15) is 5.56 Å². The van der Waals surface area contributed by atoms with E-state index in [1.807, 2.05) is 0 Å². The second kappa shape index (κ2) is 6.16. The average Bonchev–Trinajstić information content (AvgIpc) is 2.53. The van der Waals surface area contributed by atoms with Gasteiger partial charge in [0.1, 0.15) is 0 Å². The van der Waals surface area contributed by atoms with Crippen molar-refractivity contribution in [2.75, 3.05) is 16.6 Å². The van der Waals surface area contributed by atoms with Gasteiger partial charge in [-0.15, -0.1) is 11.8 Å². The van der Waals surface area contributed by atoms with Crippen molar-refractivity contribution in [3.63, 3.8) is 0 Å². The summed E-state index contributed by atoms with van der Waals surface area (Å²) in [6.07, 6.45) is -4.82. The van der Waals surface area contributed by atoms with Crippen LogP contribution in [-0.4, -0.2) is 20.7 Å². The number of sulfonamides is 1. The van der Waals surface area contributed by atoms with E-state index in [0.29, 0.717) is 17.5 Å². The molecule has 0 N–H and O–H groups in total. The summed E-state index contributed by atoms with van der Waals surface area (Å²) < 4.78 is 66.7. The van der Waals surface area contributed by atoms with E-state index in [0.717, 1.165) is 21.3 Å². The van der Waals surface area contributed by atoms with E-state index in [1.165, 1.54) is 11.8 Å². The predicted molar refractivity (Wildman–Crippen MR) is 88.2 cm³/mol. The first-order valence-electron chi connectivity index (χ1n) is 6.82. The molecule has 0 atom stereocenters. The zero-order valence-corrected chi connectivity index (χ0v) is 14.4. The number of hydrogen-bond donors (Lipinski definition) is 0. The molecule has 0 amide bonds. The molecule has 128 valence electrons. The fraction of sp³-hybridized carbons (Fsp3) is 0.200. The molecule has 0 fully saturated rings. The Labute approximate surface area is 146 Å². The Morgan fingerprint density at radius 3 is 2.54 bits per heavy atom. The largest absolute Gasteiger partial charge is 0.417 e. The van der Waals surface area contributed by atoms with Gasteiger partial charge in [-0.1, -0.05) is 23.7 Å². The molecule has 3 rings (SSSR count). The van der Waals surface area contributed by atoms with Crippen molar-refractivity contribution in [3.05, 3.63) is 53.1 Å². The number of alkyl halides is 3. The zero-order chi connectivity index (χ0) is 17.5. The van der Waals surface area contributed by atoms with Gasteiger partial charge in [-0.25, -0.2) is 8.42 Å². The third-order valence-electron chi connectivity index (χ3n) is 3.50. The summed E-state index contributed by atoms with van der Waals surface area (Å²) in [5, 5.41) is -0.170. The van der Waals surface area contributed by atoms with Crippen molar-refractivity contribution in [1.82, 2.24) is 0 Å². The molecule has 9 heteroatoms. The first-order chi connectivity index (χ1) is 11.2. The van der Waals surface area contributed by atoms with Crippen molar-refractivity contribution < 1.29 is 21.6 Å². The molecule has 0 aromatic heterocycles. The van der Waals surface area contributed by atoms with E-state index in [9.17, 15) is 21.6 Å². The van der Waals surface area contributed by atoms with Gasteiger partial charge in [-0.05, 0) is 30.3 Å². The Bertz CT molecular complexity index is 885. The van der Waals surface area contributed by atoms with Gasteiger partial charge in [0.05, 0.1) is 16.1 Å². The Balaban J connectivity index is 2.17. The molecule has 0 aliphatic carbocycles. The van der Waals surface area contributed by atoms with Crippen molar-refractivity contribution in [3.8, 4) is 0 Å². The summed E-state index contributed by atoms with van der Waals surface area (Å²) in [5.41, 5.74) is -0.873. The fourth-order valence-electron chi connectivity index (χ4n) is 2.46. The standard InChI is InChI=1S/C15H11ClF3NO2S2/c16-10-5-6-14(11(9-10)15(17,18)19)24(21,22)20-7-8-23-13-4-2-1-3-12(13)20/h1-6,9H,7-8H2. The molecule has 0 saturated heterocycles. The molecule has 2 aromatic rings. The summed E-state index contributed by atoms with van der Waals surface area (Å²) >= 11 is 7.09. The van der Waals surface area contributed by atoms with Crippen LogP contribution in [0, 0.1) is 0 Å². The number of thioether (sulfide) groups is 1. The van der Waals surface area contributed by atoms with Gasteiger partial charge in [0.2, 0.25) is 0 Å². The average molecular weight is 394 g/mol. The number of halogens is 4. The summed E-state index contributed by atoms with van der Waals surface area (Å²) in [5.74, 6) is 0.463. The second-order valence-corrected chi connectivity index (χ2v) is 8.44. The van der Waals surface area contributed by atoms with Crippen LogP contribution in [-0.2, 0) is 16.2 Å². The van der Waals surface area contributed by atoms with Gasteiger partial charge in [0, 0.05) is 22.2 Å². The minimum absolute atomic E-state index is 0.101. The summed E-state index contributed by atoms with van der Waals surface area (Å²) in [6.45, 7) is 0.101. The lowest BCUT2D eigenvalue weighted by atomic mass is 10.2. The highest BCUT2D eigenvalue weighted by Crippen LogP contribution is 2.41. The maximum Gasteiger partial charge on any atom is 0.417 e. The van der Waals surface area contributed by atoms with Gasteiger partial charge in [-0.3, -0.25) is 4.31 Å². The van der Waals surface area contributed by atoms with Crippen LogP contribution in [0.15, 0.2) is 52.3 Å². The maximum absolute atomic E-state index is 13.3. The van der Waals surface area contributed by atoms with Crippen molar-refractivity contribution in [2.45, 2.75) is 16.0 Å². The van der Waals surface area contributed by atoms with Crippen molar-refractivity contribution in [2.24, 2.45) is 0 Å². The van der Waals surface area contributed by atoms with E-state index in [2.05, 4.69) is 0 Å². The number of nitrogens with zero attached hydrogens (tertiary/aromatic N) is 1. The van der Waals surface area contributed by atoms with Crippen LogP contribution in [0.25, 0.3) is 0 Å². The van der Waals surface area contributed by atoms with Gasteiger partial charge in [0.15, 0.2) is 0 Å². The molecule has 0 unspecified atom stereocenters. The molecule has 1 heterocycles. The van der Waals surface area contributed by atoms with Crippen LogP contribution < -0.4 is 4.31 Å². The highest BCUT2D eigenvalue weighted by Gasteiger charge is 2.40. The quantitative estimate of drug-likeness (QED) is 0.744. The number of para-hydroxylation sites is 1. The lowest BCUT2D eigenvalue weighted by Gasteiger charge is -2.30. The first-order valence-corrected chi connectivity index (χ1v) is 9.63. The van der Waals surface area contributed by atoms with Crippen molar-refractivity contribution in [1.29, 1.82) is 0 Å².